The first-order valence-electron chi connectivity index (χ1n) is 13.6. The number of guanidine groups is 1. The van der Waals surface area contributed by atoms with Crippen molar-refractivity contribution in [3.63, 3.8) is 0 Å². The zero-order valence-electron chi connectivity index (χ0n) is 24.1. The third-order valence-corrected chi connectivity index (χ3v) is 6.65. The van der Waals surface area contributed by atoms with E-state index in [0.717, 1.165) is 16.7 Å². The van der Waals surface area contributed by atoms with Crippen LogP contribution in [0.1, 0.15) is 54.7 Å². The van der Waals surface area contributed by atoms with Gasteiger partial charge in [0.25, 0.3) is 5.91 Å². The third-order valence-electron chi connectivity index (χ3n) is 6.65. The van der Waals surface area contributed by atoms with Gasteiger partial charge in [0.05, 0.1) is 31.7 Å². The number of carbonyl (C=O) groups excluding carboxylic acids is 2. The summed E-state index contributed by atoms with van der Waals surface area (Å²) in [6.45, 7) is 6.18. The van der Waals surface area contributed by atoms with Crippen molar-refractivity contribution in [1.82, 2.24) is 25.9 Å². The van der Waals surface area contributed by atoms with Gasteiger partial charge in [-0.05, 0) is 40.3 Å². The topological polar surface area (TPSA) is 198 Å². The normalized spacial score (nSPS) is 15.4. The van der Waals surface area contributed by atoms with Crippen molar-refractivity contribution in [3.8, 4) is 16.9 Å². The number of carboxylic acids is 1. The lowest BCUT2D eigenvalue weighted by Gasteiger charge is -2.24. The van der Waals surface area contributed by atoms with Gasteiger partial charge in [0.15, 0.2) is 5.96 Å². The number of nitrogens with zero attached hydrogens (tertiary/aromatic N) is 3. The maximum Gasteiger partial charge on any atom is 0.305 e. The molecule has 3 aromatic rings. The molecule has 2 heterocycles. The highest BCUT2D eigenvalue weighted by molar-refractivity contribution is 6.00. The Morgan fingerprint density at radius 3 is 2.44 bits per heavy atom. The quantitative estimate of drug-likeness (QED) is 0.194. The van der Waals surface area contributed by atoms with Crippen molar-refractivity contribution in [3.05, 3.63) is 71.8 Å². The number of rotatable bonds is 9. The first-order valence-corrected chi connectivity index (χ1v) is 13.6. The highest BCUT2D eigenvalue weighted by atomic mass is 16.4. The molecule has 1 aliphatic rings. The number of carbonyl (C=O) groups is 3. The van der Waals surface area contributed by atoms with Crippen molar-refractivity contribution in [2.24, 2.45) is 4.99 Å². The van der Waals surface area contributed by atoms with E-state index >= 15 is 0 Å². The minimum Gasteiger partial charge on any atom is -0.508 e. The van der Waals surface area contributed by atoms with E-state index in [0.29, 0.717) is 23.8 Å². The second kappa shape index (κ2) is 13.3. The Balaban J connectivity index is 1.48. The van der Waals surface area contributed by atoms with Crippen LogP contribution in [0.2, 0.25) is 0 Å². The number of benzene rings is 2. The summed E-state index contributed by atoms with van der Waals surface area (Å²) in [6, 6.07) is 8.89. The van der Waals surface area contributed by atoms with Gasteiger partial charge in [0.1, 0.15) is 12.1 Å². The number of hydrogen-bond acceptors (Lipinski definition) is 10. The molecule has 13 heteroatoms. The molecule has 13 nitrogen and oxygen atoms in total. The number of aromatic nitrogens is 2. The van der Waals surface area contributed by atoms with Crippen LogP contribution in [0.25, 0.3) is 11.1 Å². The average molecular weight is 590 g/mol. The molecule has 43 heavy (non-hydrogen) atoms. The molecule has 0 spiro atoms. The fourth-order valence-electron chi connectivity index (χ4n) is 4.40. The van der Waals surface area contributed by atoms with Crippen LogP contribution in [-0.2, 0) is 15.0 Å². The molecule has 4 rings (SSSR count). The molecular formula is C30H35N7O6. The summed E-state index contributed by atoms with van der Waals surface area (Å²) >= 11 is 0. The van der Waals surface area contributed by atoms with E-state index in [4.69, 9.17) is 0 Å². The fraction of sp³-hybridized carbons (Fsp3) is 0.333. The largest absolute Gasteiger partial charge is 0.508 e. The fourth-order valence-corrected chi connectivity index (χ4v) is 4.40. The number of aliphatic hydroxyl groups is 1. The summed E-state index contributed by atoms with van der Waals surface area (Å²) in [5.41, 5.74) is 3.22. The summed E-state index contributed by atoms with van der Waals surface area (Å²) in [5, 5.41) is 40.4. The number of nitrogens with one attached hydrogen (secondary N) is 4. The number of aliphatic imine (C=N–C) groups is 1. The van der Waals surface area contributed by atoms with Gasteiger partial charge in [-0.2, -0.15) is 0 Å². The van der Waals surface area contributed by atoms with E-state index in [1.165, 1.54) is 24.5 Å². The number of amides is 2. The Hall–Kier alpha value is -5.04. The minimum absolute atomic E-state index is 0.0847. The number of phenols is 1. The lowest BCUT2D eigenvalue weighted by atomic mass is 9.83. The van der Waals surface area contributed by atoms with Gasteiger partial charge in [0, 0.05) is 41.8 Å². The summed E-state index contributed by atoms with van der Waals surface area (Å²) in [4.78, 5) is 49.9. The molecule has 2 unspecified atom stereocenters. The lowest BCUT2D eigenvalue weighted by Crippen LogP contribution is -2.42. The maximum atomic E-state index is 13.0. The molecule has 2 atom stereocenters. The summed E-state index contributed by atoms with van der Waals surface area (Å²) in [5.74, 6) is -2.13. The average Bonchev–Trinajstić information content (AvgIpc) is 2.96. The predicted molar refractivity (Wildman–Crippen MR) is 160 cm³/mol. The van der Waals surface area contributed by atoms with Crippen LogP contribution >= 0.6 is 0 Å². The number of phenolic OH excluding ortho intramolecular Hbond substituents is 1. The van der Waals surface area contributed by atoms with Gasteiger partial charge >= 0.3 is 5.97 Å². The number of β-amino-alcohol motifs (C(OH)–C–C–N with tert-alkyl or cyclic N) is 1. The van der Waals surface area contributed by atoms with Gasteiger partial charge in [0.2, 0.25) is 5.91 Å². The van der Waals surface area contributed by atoms with Crippen molar-refractivity contribution in [1.29, 1.82) is 0 Å². The Morgan fingerprint density at radius 1 is 1.05 bits per heavy atom. The number of aliphatic hydroxyl groups excluding tert-OH is 1. The molecule has 7 N–H and O–H groups in total. The molecule has 1 aromatic heterocycles. The first-order chi connectivity index (χ1) is 20.4. The molecule has 0 radical (unpaired) electrons. The molecule has 226 valence electrons. The Kier molecular flexibility index (Phi) is 9.56. The zero-order valence-corrected chi connectivity index (χ0v) is 24.1. The van der Waals surface area contributed by atoms with Gasteiger partial charge < -0.3 is 36.6 Å². The number of aliphatic carboxylic acids is 1. The van der Waals surface area contributed by atoms with Crippen molar-refractivity contribution >= 4 is 29.4 Å². The Labute approximate surface area is 248 Å². The van der Waals surface area contributed by atoms with Gasteiger partial charge in [-0.1, -0.05) is 32.9 Å². The Morgan fingerprint density at radius 2 is 1.79 bits per heavy atom. The standard InChI is InChI=1S/C30H35N7O6/c1-30(2,3)21-5-17(20-11-31-16-32-12-20)4-18(6-21)25(10-27(41)42)37-26(40)15-33-28(43)19-7-22(9-23(38)8-19)36-29-34-13-24(39)14-35-29/h4-9,11-12,16,24-25,38-39H,10,13-15H2,1-3H3,(H,33,43)(H,37,40)(H,41,42)(H2,34,35,36). The molecule has 0 saturated carbocycles. The van der Waals surface area contributed by atoms with Crippen molar-refractivity contribution in [2.75, 3.05) is 25.0 Å². The second-order valence-electron chi connectivity index (χ2n) is 11.2. The summed E-state index contributed by atoms with van der Waals surface area (Å²) in [7, 11) is 0. The Bertz CT molecular complexity index is 1520. The van der Waals surface area contributed by atoms with Crippen molar-refractivity contribution < 1.29 is 29.7 Å². The molecule has 2 amide bonds. The summed E-state index contributed by atoms with van der Waals surface area (Å²) < 4.78 is 0. The van der Waals surface area contributed by atoms with E-state index in [1.54, 1.807) is 18.5 Å². The maximum absolute atomic E-state index is 13.0. The second-order valence-corrected chi connectivity index (χ2v) is 11.2. The monoisotopic (exact) mass is 589 g/mol. The molecule has 0 saturated heterocycles. The van der Waals surface area contributed by atoms with Crippen LogP contribution in [0.4, 0.5) is 5.69 Å². The van der Waals surface area contributed by atoms with Crippen molar-refractivity contribution in [2.45, 2.75) is 44.8 Å². The molecule has 0 bridgehead atoms. The predicted octanol–water partition coefficient (Wildman–Crippen LogP) is 1.94. The zero-order chi connectivity index (χ0) is 31.1. The van der Waals surface area contributed by atoms with Crippen LogP contribution in [0.15, 0.2) is 60.1 Å². The number of anilines is 1. The molecule has 0 aliphatic carbocycles. The van der Waals surface area contributed by atoms with E-state index in [1.807, 2.05) is 32.9 Å². The minimum atomic E-state index is -1.11. The molecular weight excluding hydrogens is 554 g/mol. The number of carboxylic acid groups (broad SMARTS) is 1. The van der Waals surface area contributed by atoms with Crippen LogP contribution in [-0.4, -0.2) is 74.8 Å². The lowest BCUT2D eigenvalue weighted by molar-refractivity contribution is -0.137. The molecule has 1 aliphatic heterocycles. The van der Waals surface area contributed by atoms with Crippen LogP contribution in [0, 0.1) is 0 Å². The van der Waals surface area contributed by atoms with Gasteiger partial charge in [-0.25, -0.2) is 9.97 Å². The van der Waals surface area contributed by atoms with E-state index < -0.39 is 36.5 Å². The van der Waals surface area contributed by atoms with E-state index in [-0.39, 0.29) is 29.7 Å². The van der Waals surface area contributed by atoms with E-state index in [2.05, 4.69) is 36.2 Å². The third kappa shape index (κ3) is 8.72. The van der Waals surface area contributed by atoms with Crippen LogP contribution in [0.3, 0.4) is 0 Å². The molecule has 0 fully saturated rings. The van der Waals surface area contributed by atoms with Crippen LogP contribution in [0.5, 0.6) is 5.75 Å². The smallest absolute Gasteiger partial charge is 0.305 e. The SMILES string of the molecule is CC(C)(C)c1cc(-c2cncnc2)cc(C(CC(=O)O)NC(=O)CNC(=O)c2cc(O)cc(NC3=NCC(O)CN3)c2)c1. The first kappa shape index (κ1) is 30.9. The van der Waals surface area contributed by atoms with E-state index in [9.17, 15) is 29.7 Å². The highest BCUT2D eigenvalue weighted by Gasteiger charge is 2.23. The molecule has 2 aromatic carbocycles. The van der Waals surface area contributed by atoms with Crippen LogP contribution < -0.4 is 21.3 Å². The summed E-state index contributed by atoms with van der Waals surface area (Å²) in [6.07, 6.45) is 3.76. The number of hydrogen-bond donors (Lipinski definition) is 7. The highest BCUT2D eigenvalue weighted by Crippen LogP contribution is 2.32. The van der Waals surface area contributed by atoms with Gasteiger partial charge in [-0.15, -0.1) is 0 Å². The number of aromatic hydroxyl groups is 1. The van der Waals surface area contributed by atoms with Gasteiger partial charge in [-0.3, -0.25) is 19.4 Å².